The van der Waals surface area contributed by atoms with E-state index in [2.05, 4.69) is 4.98 Å². The largest absolute Gasteiger partial charge is 0.465 e. The molecule has 2 N–H and O–H groups in total. The highest BCUT2D eigenvalue weighted by Crippen LogP contribution is 2.36. The molecule has 3 aromatic rings. The van der Waals surface area contributed by atoms with Crippen molar-refractivity contribution in [3.8, 4) is 0 Å². The summed E-state index contributed by atoms with van der Waals surface area (Å²) < 4.78 is 0. The van der Waals surface area contributed by atoms with Gasteiger partial charge in [0.05, 0.1) is 0 Å². The molecule has 1 aliphatic rings. The lowest BCUT2D eigenvalue weighted by atomic mass is 9.81. The van der Waals surface area contributed by atoms with E-state index < -0.39 is 11.6 Å². The minimum Gasteiger partial charge on any atom is -0.465 e. The molecule has 1 aromatic heterocycles. The number of aromatic amines is 1. The van der Waals surface area contributed by atoms with E-state index in [1.807, 2.05) is 54.7 Å². The Morgan fingerprint density at radius 3 is 2.69 bits per heavy atom. The van der Waals surface area contributed by atoms with Crippen LogP contribution in [0.5, 0.6) is 0 Å². The van der Waals surface area contributed by atoms with E-state index in [0.717, 1.165) is 16.5 Å². The Bertz CT molecular complexity index is 964. The Kier molecular flexibility index (Phi) is 3.99. The number of fused-ring (bicyclic) bond motifs is 1. The van der Waals surface area contributed by atoms with Crippen LogP contribution in [-0.2, 0) is 6.42 Å². The average molecular weight is 348 g/mol. The molecular weight excluding hydrogens is 328 g/mol. The van der Waals surface area contributed by atoms with E-state index in [-0.39, 0.29) is 5.78 Å². The Morgan fingerprint density at radius 2 is 1.92 bits per heavy atom. The van der Waals surface area contributed by atoms with Gasteiger partial charge in [-0.1, -0.05) is 30.3 Å². The number of H-pyrrole nitrogens is 1. The molecule has 1 unspecified atom stereocenters. The predicted molar refractivity (Wildman–Crippen MR) is 99.5 cm³/mol. The van der Waals surface area contributed by atoms with Crippen LogP contribution in [0.3, 0.4) is 0 Å². The Hall–Kier alpha value is -3.08. The first kappa shape index (κ1) is 16.4. The second kappa shape index (κ2) is 6.33. The number of aromatic nitrogens is 1. The number of carboxylic acid groups (broad SMARTS) is 1. The lowest BCUT2D eigenvalue weighted by Gasteiger charge is -2.35. The summed E-state index contributed by atoms with van der Waals surface area (Å²) in [5, 5.41) is 10.7. The summed E-state index contributed by atoms with van der Waals surface area (Å²) in [5.41, 5.74) is 1.44. The molecule has 5 heteroatoms. The lowest BCUT2D eigenvalue weighted by molar-refractivity contribution is 0.0640. The Labute approximate surface area is 151 Å². The van der Waals surface area contributed by atoms with Crippen LogP contribution in [0.1, 0.15) is 28.8 Å². The third kappa shape index (κ3) is 2.65. The summed E-state index contributed by atoms with van der Waals surface area (Å²) in [6.07, 6.45) is 2.42. The zero-order valence-corrected chi connectivity index (χ0v) is 14.3. The average Bonchev–Trinajstić information content (AvgIpc) is 3.28. The van der Waals surface area contributed by atoms with E-state index in [9.17, 15) is 14.7 Å². The molecule has 1 amide bonds. The summed E-state index contributed by atoms with van der Waals surface area (Å²) in [6.45, 7) is 0.389. The van der Waals surface area contributed by atoms with Crippen molar-refractivity contribution in [2.45, 2.75) is 24.8 Å². The van der Waals surface area contributed by atoms with Gasteiger partial charge in [0, 0.05) is 35.6 Å². The van der Waals surface area contributed by atoms with Gasteiger partial charge < -0.3 is 10.1 Å². The Morgan fingerprint density at radius 1 is 1.12 bits per heavy atom. The van der Waals surface area contributed by atoms with Crippen LogP contribution in [0, 0.1) is 0 Å². The number of benzene rings is 2. The highest BCUT2D eigenvalue weighted by Gasteiger charge is 2.49. The van der Waals surface area contributed by atoms with Gasteiger partial charge >= 0.3 is 6.09 Å². The molecule has 0 bridgehead atoms. The van der Waals surface area contributed by atoms with E-state index in [4.69, 9.17) is 0 Å². The maximum atomic E-state index is 13.5. The second-order valence-electron chi connectivity index (χ2n) is 6.84. The van der Waals surface area contributed by atoms with Gasteiger partial charge in [0.15, 0.2) is 5.78 Å². The molecule has 1 atom stereocenters. The van der Waals surface area contributed by atoms with E-state index >= 15 is 0 Å². The quantitative estimate of drug-likeness (QED) is 0.697. The zero-order chi connectivity index (χ0) is 18.1. The molecule has 1 aliphatic heterocycles. The standard InChI is InChI=1S/C21H20N2O3/c24-19(17-7-8-18-16(13-17)9-11-22-18)21(10-4-12-23(21)20(25)26)14-15-5-2-1-3-6-15/h1-3,5-9,11,13,22H,4,10,12,14H2,(H,25,26). The highest BCUT2D eigenvalue weighted by molar-refractivity contribution is 6.07. The number of ketones is 1. The molecule has 132 valence electrons. The predicted octanol–water partition coefficient (Wildman–Crippen LogP) is 4.11. The number of nitrogens with zero attached hydrogens (tertiary/aromatic N) is 1. The number of likely N-dealkylation sites (tertiary alicyclic amines) is 1. The SMILES string of the molecule is O=C(O)N1CCCC1(Cc1ccccc1)C(=O)c1ccc2[nH]ccc2c1. The summed E-state index contributed by atoms with van der Waals surface area (Å²) in [4.78, 5) is 29.9. The third-order valence-electron chi connectivity index (χ3n) is 5.30. The first-order valence-corrected chi connectivity index (χ1v) is 8.77. The number of carbonyl (C=O) groups excluding carboxylic acids is 1. The van der Waals surface area contributed by atoms with Crippen LogP contribution < -0.4 is 0 Å². The fourth-order valence-electron chi connectivity index (χ4n) is 4.05. The van der Waals surface area contributed by atoms with Gasteiger partial charge in [0.2, 0.25) is 0 Å². The molecule has 0 spiro atoms. The Balaban J connectivity index is 1.78. The van der Waals surface area contributed by atoms with Crippen LogP contribution in [-0.4, -0.2) is 39.0 Å². The van der Waals surface area contributed by atoms with Gasteiger partial charge in [-0.15, -0.1) is 0 Å². The van der Waals surface area contributed by atoms with Crippen molar-refractivity contribution >= 4 is 22.8 Å². The van der Waals surface area contributed by atoms with E-state index in [1.54, 1.807) is 6.07 Å². The molecule has 1 fully saturated rings. The van der Waals surface area contributed by atoms with Gasteiger partial charge in [0.25, 0.3) is 0 Å². The van der Waals surface area contributed by atoms with Crippen molar-refractivity contribution in [3.05, 3.63) is 71.9 Å². The van der Waals surface area contributed by atoms with Crippen molar-refractivity contribution in [2.24, 2.45) is 0 Å². The van der Waals surface area contributed by atoms with Crippen LogP contribution in [0.25, 0.3) is 10.9 Å². The molecule has 0 aliphatic carbocycles. The van der Waals surface area contributed by atoms with Crippen molar-refractivity contribution in [3.63, 3.8) is 0 Å². The van der Waals surface area contributed by atoms with Crippen LogP contribution in [0.15, 0.2) is 60.8 Å². The number of rotatable bonds is 4. The molecule has 2 heterocycles. The van der Waals surface area contributed by atoms with Crippen molar-refractivity contribution < 1.29 is 14.7 Å². The maximum Gasteiger partial charge on any atom is 0.408 e. The molecule has 4 rings (SSSR count). The minimum atomic E-state index is -1.04. The fourth-order valence-corrected chi connectivity index (χ4v) is 4.05. The monoisotopic (exact) mass is 348 g/mol. The van der Waals surface area contributed by atoms with Gasteiger partial charge in [-0.25, -0.2) is 4.79 Å². The second-order valence-corrected chi connectivity index (χ2v) is 6.84. The molecular formula is C21H20N2O3. The maximum absolute atomic E-state index is 13.5. The van der Waals surface area contributed by atoms with E-state index in [1.165, 1.54) is 4.90 Å². The van der Waals surface area contributed by atoms with Crippen molar-refractivity contribution in [1.29, 1.82) is 0 Å². The van der Waals surface area contributed by atoms with Crippen molar-refractivity contribution in [1.82, 2.24) is 9.88 Å². The van der Waals surface area contributed by atoms with Gasteiger partial charge in [0.1, 0.15) is 5.54 Å². The smallest absolute Gasteiger partial charge is 0.408 e. The number of hydrogen-bond acceptors (Lipinski definition) is 2. The molecule has 2 aromatic carbocycles. The fraction of sp³-hybridized carbons (Fsp3) is 0.238. The van der Waals surface area contributed by atoms with Gasteiger partial charge in [-0.05, 0) is 42.7 Å². The number of amides is 1. The number of carbonyl (C=O) groups is 2. The van der Waals surface area contributed by atoms with E-state index in [0.29, 0.717) is 31.4 Å². The highest BCUT2D eigenvalue weighted by atomic mass is 16.4. The first-order chi connectivity index (χ1) is 12.6. The van der Waals surface area contributed by atoms with Crippen LogP contribution >= 0.6 is 0 Å². The third-order valence-corrected chi connectivity index (χ3v) is 5.30. The number of Topliss-reactive ketones (excluding diaryl/α,β-unsaturated/α-hetero) is 1. The minimum absolute atomic E-state index is 0.121. The molecule has 26 heavy (non-hydrogen) atoms. The summed E-state index contributed by atoms with van der Waals surface area (Å²) in [6, 6.07) is 17.1. The van der Waals surface area contributed by atoms with Crippen LogP contribution in [0.4, 0.5) is 4.79 Å². The topological polar surface area (TPSA) is 73.4 Å². The number of hydrogen-bond donors (Lipinski definition) is 2. The summed E-state index contributed by atoms with van der Waals surface area (Å²) >= 11 is 0. The molecule has 0 radical (unpaired) electrons. The normalized spacial score (nSPS) is 19.8. The van der Waals surface area contributed by atoms with Gasteiger partial charge in [-0.2, -0.15) is 0 Å². The number of nitrogens with one attached hydrogen (secondary N) is 1. The molecule has 0 saturated carbocycles. The molecule has 1 saturated heterocycles. The first-order valence-electron chi connectivity index (χ1n) is 8.77. The molecule has 5 nitrogen and oxygen atoms in total. The van der Waals surface area contributed by atoms with Crippen molar-refractivity contribution in [2.75, 3.05) is 6.54 Å². The lowest BCUT2D eigenvalue weighted by Crippen LogP contribution is -2.54. The zero-order valence-electron chi connectivity index (χ0n) is 14.3. The van der Waals surface area contributed by atoms with Crippen LogP contribution in [0.2, 0.25) is 0 Å². The summed E-state index contributed by atoms with van der Waals surface area (Å²) in [5.74, 6) is -0.121. The van der Waals surface area contributed by atoms with Gasteiger partial charge in [-0.3, -0.25) is 9.69 Å². The summed E-state index contributed by atoms with van der Waals surface area (Å²) in [7, 11) is 0.